The van der Waals surface area contributed by atoms with E-state index in [2.05, 4.69) is 20.8 Å². The molecule has 0 aliphatic carbocycles. The lowest BCUT2D eigenvalue weighted by Crippen LogP contribution is -2.18. The molecule has 0 aliphatic rings. The number of carbonyl (C=O) groups excluding carboxylic acids is 2. The van der Waals surface area contributed by atoms with E-state index in [-0.39, 0.29) is 23.8 Å². The van der Waals surface area contributed by atoms with Gasteiger partial charge in [-0.1, -0.05) is 23.9 Å². The van der Waals surface area contributed by atoms with E-state index in [1.54, 1.807) is 4.57 Å². The number of rotatable bonds is 8. The summed E-state index contributed by atoms with van der Waals surface area (Å²) in [5.74, 6) is -0.279. The number of hydrogen-bond donors (Lipinski definition) is 2. The molecule has 34 heavy (non-hydrogen) atoms. The predicted molar refractivity (Wildman–Crippen MR) is 125 cm³/mol. The molecule has 0 radical (unpaired) electrons. The van der Waals surface area contributed by atoms with Crippen LogP contribution in [0.15, 0.2) is 47.6 Å². The van der Waals surface area contributed by atoms with Crippen LogP contribution in [0.5, 0.6) is 0 Å². The van der Waals surface area contributed by atoms with Crippen molar-refractivity contribution in [3.8, 4) is 0 Å². The summed E-state index contributed by atoms with van der Waals surface area (Å²) in [6, 6.07) is 10.1. The molecule has 0 fully saturated rings. The summed E-state index contributed by atoms with van der Waals surface area (Å²) in [4.78, 5) is 24.7. The zero-order valence-electron chi connectivity index (χ0n) is 18.9. The second kappa shape index (κ2) is 10.7. The maximum absolute atomic E-state index is 12.9. The Bertz CT molecular complexity index is 1190. The van der Waals surface area contributed by atoms with Crippen molar-refractivity contribution >= 4 is 35.0 Å². The van der Waals surface area contributed by atoms with Crippen molar-refractivity contribution in [2.24, 2.45) is 0 Å². The zero-order chi connectivity index (χ0) is 24.9. The number of amides is 2. The highest BCUT2D eigenvalue weighted by Crippen LogP contribution is 2.30. The van der Waals surface area contributed by atoms with Gasteiger partial charge in [-0.25, -0.2) is 0 Å². The van der Waals surface area contributed by atoms with Crippen LogP contribution in [-0.4, -0.2) is 32.3 Å². The van der Waals surface area contributed by atoms with Crippen molar-refractivity contribution in [3.05, 3.63) is 65.0 Å². The summed E-state index contributed by atoms with van der Waals surface area (Å²) in [6.45, 7) is 6.26. The first kappa shape index (κ1) is 25.3. The van der Waals surface area contributed by atoms with Crippen LogP contribution in [0.3, 0.4) is 0 Å². The Balaban J connectivity index is 1.59. The molecular formula is C23H24F3N5O2S. The van der Waals surface area contributed by atoms with Crippen LogP contribution in [0.4, 0.5) is 24.5 Å². The van der Waals surface area contributed by atoms with Gasteiger partial charge in [0, 0.05) is 17.9 Å². The molecule has 0 unspecified atom stereocenters. The van der Waals surface area contributed by atoms with Crippen molar-refractivity contribution in [3.63, 3.8) is 0 Å². The number of nitrogens with zero attached hydrogens (tertiary/aromatic N) is 3. The third-order valence-electron chi connectivity index (χ3n) is 5.03. The van der Waals surface area contributed by atoms with Gasteiger partial charge in [0.25, 0.3) is 0 Å². The lowest BCUT2D eigenvalue weighted by atomic mass is 10.1. The standard InChI is InChI=1S/C23H24F3N5O2S/c1-4-31-19(12-20(32)27-17-7-5-6-16(11-17)23(24,25)26)29-30-22(31)34-13-21(33)28-18-9-8-14(2)15(3)10-18/h5-11H,4,12-13H2,1-3H3,(H,27,32)(H,28,33). The van der Waals surface area contributed by atoms with Crippen LogP contribution in [0.2, 0.25) is 0 Å². The van der Waals surface area contributed by atoms with E-state index in [1.807, 2.05) is 39.0 Å². The topological polar surface area (TPSA) is 88.9 Å². The molecule has 0 atom stereocenters. The molecular weight excluding hydrogens is 467 g/mol. The first-order chi connectivity index (χ1) is 16.1. The maximum Gasteiger partial charge on any atom is 0.416 e. The quantitative estimate of drug-likeness (QED) is 0.440. The molecule has 3 aromatic rings. The first-order valence-corrected chi connectivity index (χ1v) is 11.4. The minimum atomic E-state index is -4.50. The molecule has 0 spiro atoms. The number of aryl methyl sites for hydroxylation is 2. The molecule has 180 valence electrons. The van der Waals surface area contributed by atoms with Crippen molar-refractivity contribution in [1.82, 2.24) is 14.8 Å². The molecule has 3 rings (SSSR count). The first-order valence-electron chi connectivity index (χ1n) is 10.5. The van der Waals surface area contributed by atoms with Crippen molar-refractivity contribution in [2.45, 2.75) is 45.1 Å². The second-order valence-electron chi connectivity index (χ2n) is 7.58. The monoisotopic (exact) mass is 491 g/mol. The third kappa shape index (κ3) is 6.60. The van der Waals surface area contributed by atoms with Gasteiger partial charge in [0.1, 0.15) is 5.82 Å². The molecule has 2 amide bonds. The average Bonchev–Trinajstić information content (AvgIpc) is 3.15. The summed E-state index contributed by atoms with van der Waals surface area (Å²) in [6.07, 6.45) is -4.67. The fraction of sp³-hybridized carbons (Fsp3) is 0.304. The van der Waals surface area contributed by atoms with Gasteiger partial charge in [-0.3, -0.25) is 9.59 Å². The Morgan fingerprint density at radius 2 is 1.68 bits per heavy atom. The van der Waals surface area contributed by atoms with Crippen molar-refractivity contribution < 1.29 is 22.8 Å². The highest BCUT2D eigenvalue weighted by atomic mass is 32.2. The molecule has 11 heteroatoms. The van der Waals surface area contributed by atoms with Crippen LogP contribution in [0.1, 0.15) is 29.4 Å². The van der Waals surface area contributed by atoms with E-state index < -0.39 is 17.6 Å². The van der Waals surface area contributed by atoms with Crippen LogP contribution in [-0.2, 0) is 28.7 Å². The van der Waals surface area contributed by atoms with E-state index in [0.29, 0.717) is 23.2 Å². The SMILES string of the molecule is CCn1c(CC(=O)Nc2cccc(C(F)(F)F)c2)nnc1SCC(=O)Nc1ccc(C)c(C)c1. The highest BCUT2D eigenvalue weighted by molar-refractivity contribution is 7.99. The number of aromatic nitrogens is 3. The fourth-order valence-electron chi connectivity index (χ4n) is 3.14. The molecule has 7 nitrogen and oxygen atoms in total. The Kier molecular flexibility index (Phi) is 7.98. The fourth-order valence-corrected chi connectivity index (χ4v) is 3.96. The summed E-state index contributed by atoms with van der Waals surface area (Å²) >= 11 is 1.18. The van der Waals surface area contributed by atoms with Gasteiger partial charge in [-0.15, -0.1) is 10.2 Å². The van der Waals surface area contributed by atoms with Crippen LogP contribution in [0, 0.1) is 13.8 Å². The highest BCUT2D eigenvalue weighted by Gasteiger charge is 2.30. The number of alkyl halides is 3. The number of hydrogen-bond acceptors (Lipinski definition) is 5. The van der Waals surface area contributed by atoms with Gasteiger partial charge in [0.2, 0.25) is 11.8 Å². The van der Waals surface area contributed by atoms with E-state index in [4.69, 9.17) is 0 Å². The zero-order valence-corrected chi connectivity index (χ0v) is 19.7. The molecule has 0 bridgehead atoms. The van der Waals surface area contributed by atoms with Gasteiger partial charge in [-0.2, -0.15) is 13.2 Å². The number of carbonyl (C=O) groups is 2. The number of halogens is 3. The van der Waals surface area contributed by atoms with Crippen LogP contribution >= 0.6 is 11.8 Å². The number of anilines is 2. The van der Waals surface area contributed by atoms with Gasteiger partial charge < -0.3 is 15.2 Å². The van der Waals surface area contributed by atoms with E-state index in [1.165, 1.54) is 23.9 Å². The summed E-state index contributed by atoms with van der Waals surface area (Å²) in [7, 11) is 0. The minimum Gasteiger partial charge on any atom is -0.326 e. The van der Waals surface area contributed by atoms with Crippen molar-refractivity contribution in [1.29, 1.82) is 0 Å². The van der Waals surface area contributed by atoms with E-state index in [0.717, 1.165) is 23.3 Å². The summed E-state index contributed by atoms with van der Waals surface area (Å²) in [5, 5.41) is 13.9. The van der Waals surface area contributed by atoms with Crippen LogP contribution < -0.4 is 10.6 Å². The van der Waals surface area contributed by atoms with Crippen molar-refractivity contribution in [2.75, 3.05) is 16.4 Å². The van der Waals surface area contributed by atoms with Gasteiger partial charge >= 0.3 is 6.18 Å². The molecule has 1 aromatic heterocycles. The lowest BCUT2D eigenvalue weighted by Gasteiger charge is -2.10. The van der Waals surface area contributed by atoms with Gasteiger partial charge in [0.05, 0.1) is 17.7 Å². The Labute approximate surface area is 199 Å². The Hall–Kier alpha value is -3.34. The number of benzene rings is 2. The number of thioether (sulfide) groups is 1. The molecule has 0 saturated heterocycles. The molecule has 1 heterocycles. The van der Waals surface area contributed by atoms with Gasteiger partial charge in [0.15, 0.2) is 5.16 Å². The predicted octanol–water partition coefficient (Wildman–Crippen LogP) is 4.85. The summed E-state index contributed by atoms with van der Waals surface area (Å²) in [5.41, 5.74) is 2.11. The largest absolute Gasteiger partial charge is 0.416 e. The Morgan fingerprint density at radius 1 is 0.971 bits per heavy atom. The van der Waals surface area contributed by atoms with E-state index >= 15 is 0 Å². The summed E-state index contributed by atoms with van der Waals surface area (Å²) < 4.78 is 40.3. The molecule has 0 aliphatic heterocycles. The molecule has 2 N–H and O–H groups in total. The molecule has 0 saturated carbocycles. The minimum absolute atomic E-state index is 0.0417. The maximum atomic E-state index is 12.9. The lowest BCUT2D eigenvalue weighted by molar-refractivity contribution is -0.137. The smallest absolute Gasteiger partial charge is 0.326 e. The Morgan fingerprint density at radius 3 is 2.35 bits per heavy atom. The normalized spacial score (nSPS) is 11.4. The van der Waals surface area contributed by atoms with Crippen LogP contribution in [0.25, 0.3) is 0 Å². The second-order valence-corrected chi connectivity index (χ2v) is 8.52. The van der Waals surface area contributed by atoms with Gasteiger partial charge in [-0.05, 0) is 62.2 Å². The third-order valence-corrected chi connectivity index (χ3v) is 5.99. The van der Waals surface area contributed by atoms with E-state index in [9.17, 15) is 22.8 Å². The average molecular weight is 492 g/mol. The molecule has 2 aromatic carbocycles. The number of nitrogens with one attached hydrogen (secondary N) is 2.